The lowest BCUT2D eigenvalue weighted by molar-refractivity contribution is -0.115. The van der Waals surface area contributed by atoms with Gasteiger partial charge in [-0.15, -0.1) is 0 Å². The Bertz CT molecular complexity index is 676. The number of furan rings is 1. The number of benzene rings is 1. The van der Waals surface area contributed by atoms with Crippen molar-refractivity contribution in [2.45, 2.75) is 19.9 Å². The normalized spacial score (nSPS) is 13.2. The number of rotatable bonds is 3. The first-order valence-electron chi connectivity index (χ1n) is 6.51. The summed E-state index contributed by atoms with van der Waals surface area (Å²) >= 11 is 0. The molecule has 104 valence electrons. The highest BCUT2D eigenvalue weighted by Crippen LogP contribution is 2.34. The van der Waals surface area contributed by atoms with Crippen molar-refractivity contribution in [2.24, 2.45) is 0 Å². The number of anilines is 3. The molecule has 0 atom stereocenters. The molecule has 1 aromatic heterocycles. The van der Waals surface area contributed by atoms with Gasteiger partial charge < -0.3 is 20.4 Å². The summed E-state index contributed by atoms with van der Waals surface area (Å²) in [7, 11) is 1.97. The van der Waals surface area contributed by atoms with Gasteiger partial charge >= 0.3 is 0 Å². The zero-order chi connectivity index (χ0) is 14.3. The summed E-state index contributed by atoms with van der Waals surface area (Å²) in [5.74, 6) is 0.926. The van der Waals surface area contributed by atoms with E-state index in [1.54, 1.807) is 6.26 Å². The Hall–Kier alpha value is -2.43. The molecule has 0 fully saturated rings. The Balaban J connectivity index is 1.89. The van der Waals surface area contributed by atoms with E-state index in [9.17, 15) is 4.79 Å². The second-order valence-corrected chi connectivity index (χ2v) is 5.15. The number of nitrogens with zero attached hydrogens (tertiary/aromatic N) is 1. The first-order valence-corrected chi connectivity index (χ1v) is 6.51. The highest BCUT2D eigenvalue weighted by molar-refractivity contribution is 6.00. The minimum atomic E-state index is 0.0184. The first kappa shape index (κ1) is 12.6. The van der Waals surface area contributed by atoms with Crippen LogP contribution >= 0.6 is 0 Å². The predicted octanol–water partition coefficient (Wildman–Crippen LogP) is 2.30. The van der Waals surface area contributed by atoms with Gasteiger partial charge in [-0.3, -0.25) is 4.79 Å². The van der Waals surface area contributed by atoms with Gasteiger partial charge in [-0.1, -0.05) is 0 Å². The van der Waals surface area contributed by atoms with E-state index in [4.69, 9.17) is 10.2 Å². The fraction of sp³-hybridized carbons (Fsp3) is 0.267. The number of amides is 1. The molecule has 5 heteroatoms. The zero-order valence-electron chi connectivity index (χ0n) is 11.6. The molecule has 1 aliphatic heterocycles. The molecular formula is C15H17N3O2. The van der Waals surface area contributed by atoms with Gasteiger partial charge in [-0.05, 0) is 30.7 Å². The van der Waals surface area contributed by atoms with Crippen LogP contribution in [0, 0.1) is 6.92 Å². The highest BCUT2D eigenvalue weighted by atomic mass is 16.3. The number of aryl methyl sites for hydroxylation is 1. The van der Waals surface area contributed by atoms with Crippen molar-refractivity contribution in [3.63, 3.8) is 0 Å². The molecule has 2 heterocycles. The monoisotopic (exact) mass is 271 g/mol. The Labute approximate surface area is 117 Å². The molecule has 1 aromatic carbocycles. The van der Waals surface area contributed by atoms with E-state index in [0.717, 1.165) is 28.3 Å². The lowest BCUT2D eigenvalue weighted by atomic mass is 10.1. The standard InChI is InChI=1S/C15H17N3O2/c1-9-10(3-4-20-9)8-18(2)14-7-13-11(5-12(14)16)6-15(19)17-13/h3-5,7H,6,8,16H2,1-2H3,(H,17,19). The summed E-state index contributed by atoms with van der Waals surface area (Å²) < 4.78 is 5.30. The third-order valence-corrected chi connectivity index (χ3v) is 3.66. The largest absolute Gasteiger partial charge is 0.469 e. The van der Waals surface area contributed by atoms with Gasteiger partial charge in [0.2, 0.25) is 5.91 Å². The molecule has 3 N–H and O–H groups in total. The number of hydrogen-bond acceptors (Lipinski definition) is 4. The average molecular weight is 271 g/mol. The van der Waals surface area contributed by atoms with Gasteiger partial charge in [0.05, 0.1) is 24.1 Å². The minimum absolute atomic E-state index is 0.0184. The van der Waals surface area contributed by atoms with Crippen molar-refractivity contribution in [2.75, 3.05) is 23.0 Å². The average Bonchev–Trinajstić information content (AvgIpc) is 2.93. The third kappa shape index (κ3) is 2.11. The SMILES string of the molecule is Cc1occc1CN(C)c1cc2c(cc1N)CC(=O)N2. The molecule has 20 heavy (non-hydrogen) atoms. The van der Waals surface area contributed by atoms with Gasteiger partial charge in [-0.25, -0.2) is 0 Å². The fourth-order valence-corrected chi connectivity index (χ4v) is 2.53. The van der Waals surface area contributed by atoms with Crippen LogP contribution in [0.3, 0.4) is 0 Å². The van der Waals surface area contributed by atoms with E-state index in [0.29, 0.717) is 18.7 Å². The summed E-state index contributed by atoms with van der Waals surface area (Å²) in [4.78, 5) is 13.5. The highest BCUT2D eigenvalue weighted by Gasteiger charge is 2.20. The van der Waals surface area contributed by atoms with E-state index in [2.05, 4.69) is 10.2 Å². The van der Waals surface area contributed by atoms with Gasteiger partial charge in [0, 0.05) is 24.8 Å². The number of fused-ring (bicyclic) bond motifs is 1. The van der Waals surface area contributed by atoms with Gasteiger partial charge in [0.1, 0.15) is 5.76 Å². The lowest BCUT2D eigenvalue weighted by Crippen LogP contribution is -2.18. The molecule has 2 aromatic rings. The summed E-state index contributed by atoms with van der Waals surface area (Å²) in [5.41, 5.74) is 10.6. The number of nitrogen functional groups attached to an aromatic ring is 1. The maximum absolute atomic E-state index is 11.4. The Kier molecular flexibility index (Phi) is 2.89. The summed E-state index contributed by atoms with van der Waals surface area (Å²) in [5, 5.41) is 2.85. The van der Waals surface area contributed by atoms with Gasteiger partial charge in [-0.2, -0.15) is 0 Å². The van der Waals surface area contributed by atoms with Crippen molar-refractivity contribution in [1.82, 2.24) is 0 Å². The van der Waals surface area contributed by atoms with E-state index >= 15 is 0 Å². The Morgan fingerprint density at radius 3 is 2.95 bits per heavy atom. The first-order chi connectivity index (χ1) is 9.54. The molecule has 0 aliphatic carbocycles. The van der Waals surface area contributed by atoms with Crippen LogP contribution in [0.2, 0.25) is 0 Å². The molecule has 0 radical (unpaired) electrons. The second-order valence-electron chi connectivity index (χ2n) is 5.15. The molecule has 0 unspecified atom stereocenters. The second kappa shape index (κ2) is 4.59. The van der Waals surface area contributed by atoms with Crippen LogP contribution in [0.4, 0.5) is 17.1 Å². The van der Waals surface area contributed by atoms with Crippen LogP contribution in [0.1, 0.15) is 16.9 Å². The van der Waals surface area contributed by atoms with Gasteiger partial charge in [0.25, 0.3) is 0 Å². The van der Waals surface area contributed by atoms with Crippen molar-refractivity contribution in [3.05, 3.63) is 41.3 Å². The van der Waals surface area contributed by atoms with Crippen LogP contribution in [0.25, 0.3) is 0 Å². The number of nitrogens with one attached hydrogen (secondary N) is 1. The number of nitrogens with two attached hydrogens (primary N) is 1. The van der Waals surface area contributed by atoms with Crippen LogP contribution in [-0.2, 0) is 17.8 Å². The van der Waals surface area contributed by atoms with Crippen LogP contribution in [-0.4, -0.2) is 13.0 Å². The summed E-state index contributed by atoms with van der Waals surface area (Å²) in [6.45, 7) is 2.65. The van der Waals surface area contributed by atoms with Crippen LogP contribution in [0.5, 0.6) is 0 Å². The van der Waals surface area contributed by atoms with Crippen molar-refractivity contribution in [1.29, 1.82) is 0 Å². The van der Waals surface area contributed by atoms with Crippen molar-refractivity contribution < 1.29 is 9.21 Å². The molecule has 0 saturated carbocycles. The zero-order valence-corrected chi connectivity index (χ0v) is 11.6. The maximum Gasteiger partial charge on any atom is 0.228 e. The van der Waals surface area contributed by atoms with E-state index in [1.165, 1.54) is 0 Å². The summed E-state index contributed by atoms with van der Waals surface area (Å²) in [6, 6.07) is 5.77. The summed E-state index contributed by atoms with van der Waals surface area (Å²) in [6.07, 6.45) is 2.09. The van der Waals surface area contributed by atoms with Crippen molar-refractivity contribution in [3.8, 4) is 0 Å². The smallest absolute Gasteiger partial charge is 0.228 e. The molecule has 0 saturated heterocycles. The quantitative estimate of drug-likeness (QED) is 0.840. The number of carbonyl (C=O) groups excluding carboxylic acids is 1. The molecular weight excluding hydrogens is 254 g/mol. The van der Waals surface area contributed by atoms with Crippen LogP contribution < -0.4 is 16.0 Å². The molecule has 5 nitrogen and oxygen atoms in total. The van der Waals surface area contributed by atoms with Crippen molar-refractivity contribution >= 4 is 23.0 Å². The Morgan fingerprint density at radius 1 is 1.45 bits per heavy atom. The molecule has 0 bridgehead atoms. The van der Waals surface area contributed by atoms with E-state index < -0.39 is 0 Å². The topological polar surface area (TPSA) is 71.5 Å². The van der Waals surface area contributed by atoms with Crippen LogP contribution in [0.15, 0.2) is 28.9 Å². The molecule has 1 amide bonds. The fourth-order valence-electron chi connectivity index (χ4n) is 2.53. The third-order valence-electron chi connectivity index (χ3n) is 3.66. The molecule has 1 aliphatic rings. The number of hydrogen-bond donors (Lipinski definition) is 2. The number of carbonyl (C=O) groups is 1. The molecule has 0 spiro atoms. The minimum Gasteiger partial charge on any atom is -0.469 e. The maximum atomic E-state index is 11.4. The van der Waals surface area contributed by atoms with Gasteiger partial charge in [0.15, 0.2) is 0 Å². The Morgan fingerprint density at radius 2 is 2.25 bits per heavy atom. The lowest BCUT2D eigenvalue weighted by Gasteiger charge is -2.21. The predicted molar refractivity (Wildman–Crippen MR) is 78.7 cm³/mol. The van der Waals surface area contributed by atoms with E-state index in [-0.39, 0.29) is 5.91 Å². The van der Waals surface area contributed by atoms with E-state index in [1.807, 2.05) is 32.2 Å². The molecule has 3 rings (SSSR count).